The monoisotopic (exact) mass is 310 g/mol. The van der Waals surface area contributed by atoms with Gasteiger partial charge in [0, 0.05) is 37.8 Å². The largest absolute Gasteiger partial charge is 0.378 e. The average Bonchev–Trinajstić information content (AvgIpc) is 2.53. The highest BCUT2D eigenvalue weighted by molar-refractivity contribution is 5.75. The fraction of sp³-hybridized carbons (Fsp3) is 0.643. The number of nitrogens with zero attached hydrogens (tertiary/aromatic N) is 3. The van der Waals surface area contributed by atoms with Gasteiger partial charge >= 0.3 is 0 Å². The molecule has 2 heterocycles. The minimum absolute atomic E-state index is 0.182. The molecule has 1 aromatic rings. The number of H-pyrrole nitrogens is 1. The van der Waals surface area contributed by atoms with Crippen molar-refractivity contribution in [3.8, 4) is 0 Å². The lowest BCUT2D eigenvalue weighted by Gasteiger charge is -2.27. The maximum absolute atomic E-state index is 12.2. The zero-order chi connectivity index (χ0) is 16.1. The quantitative estimate of drug-likeness (QED) is 0.762. The van der Waals surface area contributed by atoms with E-state index in [4.69, 9.17) is 9.57 Å². The highest BCUT2D eigenvalue weighted by atomic mass is 16.7. The molecule has 2 rings (SSSR count). The first-order chi connectivity index (χ1) is 10.5. The Labute approximate surface area is 129 Å². The maximum Gasteiger partial charge on any atom is 0.255 e. The zero-order valence-corrected chi connectivity index (χ0v) is 13.2. The topological polar surface area (TPSA) is 87.8 Å². The van der Waals surface area contributed by atoms with Crippen LogP contribution in [0.2, 0.25) is 0 Å². The Bertz CT molecular complexity index is 581. The van der Waals surface area contributed by atoms with Crippen LogP contribution < -0.4 is 10.5 Å². The summed E-state index contributed by atoms with van der Waals surface area (Å²) in [4.78, 5) is 38.1. The summed E-state index contributed by atoms with van der Waals surface area (Å²) in [5.41, 5.74) is 0.995. The molecule has 0 aliphatic carbocycles. The van der Waals surface area contributed by atoms with Crippen molar-refractivity contribution in [1.29, 1.82) is 0 Å². The minimum atomic E-state index is -0.193. The van der Waals surface area contributed by atoms with Crippen molar-refractivity contribution in [2.45, 2.75) is 19.8 Å². The second kappa shape index (κ2) is 7.37. The molecule has 8 nitrogen and oxygen atoms in total. The van der Waals surface area contributed by atoms with Crippen molar-refractivity contribution in [2.75, 3.05) is 45.4 Å². The number of anilines is 1. The number of carbonyl (C=O) groups is 1. The smallest absolute Gasteiger partial charge is 0.255 e. The van der Waals surface area contributed by atoms with Crippen LogP contribution in [0, 0.1) is 6.92 Å². The van der Waals surface area contributed by atoms with Gasteiger partial charge in [0.05, 0.1) is 20.3 Å². The number of nitrogens with one attached hydrogen (secondary N) is 1. The fourth-order valence-corrected chi connectivity index (χ4v) is 2.31. The van der Waals surface area contributed by atoms with Gasteiger partial charge in [-0.05, 0) is 13.3 Å². The zero-order valence-electron chi connectivity index (χ0n) is 13.2. The van der Waals surface area contributed by atoms with Crippen LogP contribution in [0.4, 0.5) is 5.95 Å². The molecule has 22 heavy (non-hydrogen) atoms. The van der Waals surface area contributed by atoms with Gasteiger partial charge in [0.1, 0.15) is 0 Å². The van der Waals surface area contributed by atoms with Crippen molar-refractivity contribution < 1.29 is 14.4 Å². The van der Waals surface area contributed by atoms with Crippen LogP contribution in [0.5, 0.6) is 0 Å². The van der Waals surface area contributed by atoms with Crippen LogP contribution in [0.1, 0.15) is 17.7 Å². The molecule has 8 heteroatoms. The summed E-state index contributed by atoms with van der Waals surface area (Å²) < 4.78 is 5.29. The van der Waals surface area contributed by atoms with Gasteiger partial charge in [-0.15, -0.1) is 0 Å². The molecule has 0 unspecified atom stereocenters. The third-order valence-corrected chi connectivity index (χ3v) is 3.73. The van der Waals surface area contributed by atoms with Crippen molar-refractivity contribution in [2.24, 2.45) is 0 Å². The van der Waals surface area contributed by atoms with Crippen LogP contribution >= 0.6 is 0 Å². The summed E-state index contributed by atoms with van der Waals surface area (Å²) in [5, 5.41) is 1.15. The molecular formula is C14H22N4O4. The van der Waals surface area contributed by atoms with Gasteiger partial charge < -0.3 is 9.64 Å². The fourth-order valence-electron chi connectivity index (χ4n) is 2.31. The predicted octanol–water partition coefficient (Wildman–Crippen LogP) is -0.133. The first-order valence-electron chi connectivity index (χ1n) is 7.26. The average molecular weight is 310 g/mol. The summed E-state index contributed by atoms with van der Waals surface area (Å²) in [6.07, 6.45) is 0.539. The number of hydrogen-bond acceptors (Lipinski definition) is 6. The Morgan fingerprint density at radius 2 is 2.14 bits per heavy atom. The number of carbonyl (C=O) groups excluding carboxylic acids is 1. The summed E-state index contributed by atoms with van der Waals surface area (Å²) in [5.74, 6) is 0.383. The molecule has 1 fully saturated rings. The number of morpholine rings is 1. The normalized spacial score (nSPS) is 15.0. The van der Waals surface area contributed by atoms with E-state index in [2.05, 4.69) is 9.97 Å². The van der Waals surface area contributed by atoms with Crippen molar-refractivity contribution in [3.63, 3.8) is 0 Å². The van der Waals surface area contributed by atoms with E-state index < -0.39 is 0 Å². The number of rotatable bonds is 5. The number of hydroxylamine groups is 2. The maximum atomic E-state index is 12.2. The highest BCUT2D eigenvalue weighted by Crippen LogP contribution is 2.11. The molecule has 0 radical (unpaired) electrons. The van der Waals surface area contributed by atoms with Gasteiger partial charge in [-0.3, -0.25) is 19.4 Å². The second-order valence-corrected chi connectivity index (χ2v) is 5.13. The molecule has 0 spiro atoms. The minimum Gasteiger partial charge on any atom is -0.378 e. The van der Waals surface area contributed by atoms with Crippen LogP contribution in [0.15, 0.2) is 4.79 Å². The number of aromatic nitrogens is 2. The molecule has 0 aromatic carbocycles. The number of amides is 1. The van der Waals surface area contributed by atoms with Crippen molar-refractivity contribution in [3.05, 3.63) is 21.6 Å². The summed E-state index contributed by atoms with van der Waals surface area (Å²) in [6, 6.07) is 0. The summed E-state index contributed by atoms with van der Waals surface area (Å²) in [6.45, 7) is 4.46. The molecule has 1 aromatic heterocycles. The van der Waals surface area contributed by atoms with Gasteiger partial charge in [-0.2, -0.15) is 0 Å². The van der Waals surface area contributed by atoms with E-state index in [1.54, 1.807) is 14.0 Å². The molecule has 1 aliphatic rings. The predicted molar refractivity (Wildman–Crippen MR) is 80.7 cm³/mol. The highest BCUT2D eigenvalue weighted by Gasteiger charge is 2.17. The third kappa shape index (κ3) is 3.83. The first kappa shape index (κ1) is 16.4. The lowest BCUT2D eigenvalue weighted by atomic mass is 10.1. The molecule has 1 saturated heterocycles. The number of aromatic amines is 1. The van der Waals surface area contributed by atoms with Crippen molar-refractivity contribution in [1.82, 2.24) is 15.0 Å². The van der Waals surface area contributed by atoms with Gasteiger partial charge in [0.15, 0.2) is 0 Å². The molecule has 1 aliphatic heterocycles. The molecule has 0 atom stereocenters. The van der Waals surface area contributed by atoms with E-state index in [-0.39, 0.29) is 17.9 Å². The van der Waals surface area contributed by atoms with E-state index in [1.807, 2.05) is 4.90 Å². The van der Waals surface area contributed by atoms with Crippen LogP contribution in [0.3, 0.4) is 0 Å². The van der Waals surface area contributed by atoms with E-state index in [0.717, 1.165) is 5.06 Å². The summed E-state index contributed by atoms with van der Waals surface area (Å²) >= 11 is 0. The molecule has 1 N–H and O–H groups in total. The second-order valence-electron chi connectivity index (χ2n) is 5.13. The van der Waals surface area contributed by atoms with E-state index in [1.165, 1.54) is 7.11 Å². The van der Waals surface area contributed by atoms with E-state index in [0.29, 0.717) is 49.9 Å². The van der Waals surface area contributed by atoms with E-state index >= 15 is 0 Å². The van der Waals surface area contributed by atoms with E-state index in [9.17, 15) is 9.59 Å². The Balaban J connectivity index is 2.10. The lowest BCUT2D eigenvalue weighted by molar-refractivity contribution is -0.168. The summed E-state index contributed by atoms with van der Waals surface area (Å²) in [7, 11) is 2.97. The van der Waals surface area contributed by atoms with Crippen molar-refractivity contribution >= 4 is 11.9 Å². The molecule has 0 saturated carbocycles. The van der Waals surface area contributed by atoms with Gasteiger partial charge in [0.2, 0.25) is 11.9 Å². The molecular weight excluding hydrogens is 288 g/mol. The Morgan fingerprint density at radius 1 is 1.45 bits per heavy atom. The van der Waals surface area contributed by atoms with Gasteiger partial charge in [0.25, 0.3) is 5.56 Å². The third-order valence-electron chi connectivity index (χ3n) is 3.73. The van der Waals surface area contributed by atoms with Gasteiger partial charge in [-0.25, -0.2) is 10.0 Å². The van der Waals surface area contributed by atoms with Crippen LogP contribution in [0.25, 0.3) is 0 Å². The molecule has 1 amide bonds. The van der Waals surface area contributed by atoms with Gasteiger partial charge in [-0.1, -0.05) is 0 Å². The van der Waals surface area contributed by atoms with Crippen LogP contribution in [-0.4, -0.2) is 61.4 Å². The number of aryl methyl sites for hydroxylation is 1. The molecule has 122 valence electrons. The Kier molecular flexibility index (Phi) is 5.51. The SMILES string of the molecule is CON(C)C(=O)CCc1c(C)nc(N2CCOCC2)[nH]c1=O. The first-order valence-corrected chi connectivity index (χ1v) is 7.26. The Morgan fingerprint density at radius 3 is 2.73 bits per heavy atom. The molecule has 0 bridgehead atoms. The van der Waals surface area contributed by atoms with Crippen LogP contribution in [-0.2, 0) is 20.8 Å². The number of ether oxygens (including phenoxy) is 1. The number of hydrogen-bond donors (Lipinski definition) is 1. The Hall–Kier alpha value is -1.93. The standard InChI is InChI=1S/C14H22N4O4/c1-10-11(4-5-12(19)17(2)21-3)13(20)16-14(15-10)18-6-8-22-9-7-18/h4-9H2,1-3H3,(H,15,16,20). The lowest BCUT2D eigenvalue weighted by Crippen LogP contribution is -2.38.